The molecule has 2 aliphatic carbocycles. The van der Waals surface area contributed by atoms with E-state index >= 15 is 4.79 Å². The highest BCUT2D eigenvalue weighted by Gasteiger charge is 2.41. The molecule has 2 aliphatic rings. The highest BCUT2D eigenvalue weighted by Crippen LogP contribution is 2.45. The first kappa shape index (κ1) is 78.9. The van der Waals surface area contributed by atoms with Crippen molar-refractivity contribution in [1.29, 1.82) is 0 Å². The maximum absolute atomic E-state index is 15.5. The van der Waals surface area contributed by atoms with E-state index < -0.39 is 0 Å². The SMILES string of the molecule is C=C/C(=C\C=C\CCCCCCCC)N(c1ccc(CCCCCCCC)cc1)c1ccc(C2=C(O)C(=C3C=CC(=[N+](c4ccc(CCCCCCCC)cc4)c4ccc(CCCCCCCC)cc4C)C=C3NC(=O)C(CC)CCCC)C2=O)c(NC(=O)C(CC)CCCC)c1. The van der Waals surface area contributed by atoms with Crippen molar-refractivity contribution in [3.05, 3.63) is 190 Å². The Balaban J connectivity index is 1.51. The van der Waals surface area contributed by atoms with Gasteiger partial charge in [0.15, 0.2) is 0 Å². The number of aryl methyl sites for hydroxylation is 4. The lowest BCUT2D eigenvalue weighted by Gasteiger charge is -2.30. The topological polar surface area (TPSA) is 102 Å². The van der Waals surface area contributed by atoms with E-state index in [1.165, 1.54) is 145 Å². The van der Waals surface area contributed by atoms with Crippen LogP contribution in [0.1, 0.15) is 295 Å². The molecule has 8 nitrogen and oxygen atoms in total. The number of Topliss-reactive ketones (excluding diaryl/α,β-unsaturated/α-hetero) is 1. The molecule has 2 atom stereocenters. The molecule has 0 saturated carbocycles. The second kappa shape index (κ2) is 44.8. The molecule has 0 aliphatic heterocycles. The second-order valence-corrected chi connectivity index (χ2v) is 27.8. The van der Waals surface area contributed by atoms with Gasteiger partial charge in [-0.3, -0.25) is 14.4 Å². The second-order valence-electron chi connectivity index (χ2n) is 27.8. The van der Waals surface area contributed by atoms with E-state index in [0.29, 0.717) is 35.4 Å². The molecule has 0 fully saturated rings. The van der Waals surface area contributed by atoms with Gasteiger partial charge in [0.05, 0.1) is 22.5 Å². The third kappa shape index (κ3) is 24.7. The van der Waals surface area contributed by atoms with Gasteiger partial charge in [0.25, 0.3) is 0 Å². The van der Waals surface area contributed by atoms with Crippen LogP contribution in [0.3, 0.4) is 0 Å². The molecule has 0 bridgehead atoms. The van der Waals surface area contributed by atoms with E-state index in [-0.39, 0.29) is 46.3 Å². The van der Waals surface area contributed by atoms with E-state index in [4.69, 9.17) is 0 Å². The standard InChI is InChI=1S/C89H126N4O4/c1-11-20-26-30-34-35-36-40-44-50-74(19-9)92(75-56-51-69(52-57-75)45-41-37-31-27-21-12-2)77-60-62-79(81(66-77)90-88(96)72(17-7)48-24-15-5)84-86(94)85(87(84)95)80-63-61-78(67-82(80)91-89(97)73(18-8)49-25-16-6)93(76-58-53-70(54-59-76)46-42-38-32-28-22-13-3)83-64-55-71(65-68(83)10)47-43-39-33-29-23-14-4/h19,40,44,50-67,72-73H,9,11-18,20-39,41-43,45-49H2,1-8,10H3,(H2,90,91,94,95,96,97)/p+1/b44-40+,74-50+. The average molecular weight is 1320 g/mol. The predicted octanol–water partition coefficient (Wildman–Crippen LogP) is 25.3. The van der Waals surface area contributed by atoms with Crippen LogP contribution in [0.4, 0.5) is 28.4 Å². The summed E-state index contributed by atoms with van der Waals surface area (Å²) >= 11 is 0. The van der Waals surface area contributed by atoms with Crippen molar-refractivity contribution in [2.45, 2.75) is 293 Å². The first-order valence-electron chi connectivity index (χ1n) is 39.0. The fourth-order valence-electron chi connectivity index (χ4n) is 13.8. The zero-order valence-corrected chi connectivity index (χ0v) is 62.0. The molecule has 0 aromatic heterocycles. The van der Waals surface area contributed by atoms with Crippen LogP contribution in [0, 0.1) is 18.8 Å². The van der Waals surface area contributed by atoms with Crippen molar-refractivity contribution >= 4 is 57.3 Å². The van der Waals surface area contributed by atoms with E-state index in [1.54, 1.807) is 0 Å². The minimum atomic E-state index is -0.366. The van der Waals surface area contributed by atoms with Crippen LogP contribution in [0.25, 0.3) is 5.57 Å². The number of aliphatic hydroxyl groups is 1. The molecular formula is C89H127N4O4+. The normalized spacial score (nSPS) is 15.2. The van der Waals surface area contributed by atoms with Crippen LogP contribution in [0.15, 0.2) is 162 Å². The Morgan fingerprint density at radius 3 is 1.54 bits per heavy atom. The summed E-state index contributed by atoms with van der Waals surface area (Å²) in [5, 5.41) is 19.4. The third-order valence-electron chi connectivity index (χ3n) is 20.0. The highest BCUT2D eigenvalue weighted by molar-refractivity contribution is 6.40. The summed E-state index contributed by atoms with van der Waals surface area (Å²) in [7, 11) is 0. The van der Waals surface area contributed by atoms with Crippen LogP contribution in [-0.4, -0.2) is 28.4 Å². The first-order chi connectivity index (χ1) is 47.4. The smallest absolute Gasteiger partial charge is 0.227 e. The Morgan fingerprint density at radius 1 is 0.536 bits per heavy atom. The van der Waals surface area contributed by atoms with Crippen molar-refractivity contribution < 1.29 is 19.5 Å². The van der Waals surface area contributed by atoms with E-state index in [9.17, 15) is 14.7 Å². The number of anilines is 3. The highest BCUT2D eigenvalue weighted by atomic mass is 16.3. The molecule has 8 heteroatoms. The number of carbonyl (C=O) groups excluding carboxylic acids is 3. The third-order valence-corrected chi connectivity index (χ3v) is 20.0. The zero-order chi connectivity index (χ0) is 69.6. The molecular weight excluding hydrogens is 1190 g/mol. The molecule has 0 radical (unpaired) electrons. The predicted molar refractivity (Wildman–Crippen MR) is 418 cm³/mol. The fraction of sp³-hybridized carbons (Fsp3) is 0.528. The lowest BCUT2D eigenvalue weighted by Crippen LogP contribution is -2.34. The van der Waals surface area contributed by atoms with Crippen molar-refractivity contribution in [3.63, 3.8) is 0 Å². The van der Waals surface area contributed by atoms with Gasteiger partial charge in [-0.15, -0.1) is 0 Å². The van der Waals surface area contributed by atoms with Crippen LogP contribution in [0.2, 0.25) is 0 Å². The lowest BCUT2D eigenvalue weighted by atomic mass is 9.78. The van der Waals surface area contributed by atoms with Crippen molar-refractivity contribution in [2.24, 2.45) is 11.8 Å². The molecule has 4 aromatic rings. The van der Waals surface area contributed by atoms with E-state index in [2.05, 4.69) is 174 Å². The van der Waals surface area contributed by atoms with Crippen LogP contribution in [-0.2, 0) is 33.6 Å². The summed E-state index contributed by atoms with van der Waals surface area (Å²) in [5.41, 5.74) is 12.5. The molecule has 526 valence electrons. The van der Waals surface area contributed by atoms with Gasteiger partial charge >= 0.3 is 0 Å². The van der Waals surface area contributed by atoms with Crippen molar-refractivity contribution in [2.75, 3.05) is 10.2 Å². The number of nitrogens with zero attached hydrogens (tertiary/aromatic N) is 2. The minimum Gasteiger partial charge on any atom is -0.506 e. The average Bonchev–Trinajstić information content (AvgIpc) is 0.734. The maximum atomic E-state index is 15.5. The summed E-state index contributed by atoms with van der Waals surface area (Å²) in [5.74, 6) is -1.28. The Morgan fingerprint density at radius 2 is 1.02 bits per heavy atom. The minimum absolute atomic E-state index is 0.112. The molecule has 2 unspecified atom stereocenters. The number of benzene rings is 4. The van der Waals surface area contributed by atoms with Crippen LogP contribution in [0.5, 0.6) is 0 Å². The molecule has 0 saturated heterocycles. The number of hydrogen-bond acceptors (Lipinski definition) is 5. The van der Waals surface area contributed by atoms with Gasteiger partial charge in [-0.25, -0.2) is 0 Å². The number of rotatable bonds is 48. The zero-order valence-electron chi connectivity index (χ0n) is 62.0. The molecule has 4 aromatic carbocycles. The van der Waals surface area contributed by atoms with Gasteiger partial charge in [0.1, 0.15) is 5.76 Å². The van der Waals surface area contributed by atoms with Gasteiger partial charge < -0.3 is 20.6 Å². The molecule has 2 amide bonds. The quantitative estimate of drug-likeness (QED) is 0.0177. The number of allylic oxidation sites excluding steroid dienone is 9. The largest absolute Gasteiger partial charge is 0.506 e. The van der Waals surface area contributed by atoms with Gasteiger partial charge in [-0.1, -0.05) is 259 Å². The van der Waals surface area contributed by atoms with Gasteiger partial charge in [-0.2, -0.15) is 4.58 Å². The Hall–Kier alpha value is -7.06. The lowest BCUT2D eigenvalue weighted by molar-refractivity contribution is -0.124. The Labute approximate surface area is 589 Å². The number of carbonyl (C=O) groups is 3. The maximum Gasteiger partial charge on any atom is 0.227 e. The van der Waals surface area contributed by atoms with E-state index in [1.807, 2.05) is 42.5 Å². The van der Waals surface area contributed by atoms with Crippen molar-refractivity contribution in [1.82, 2.24) is 9.89 Å². The number of nitrogens with one attached hydrogen (secondary N) is 2. The molecule has 6 rings (SSSR count). The number of amides is 2. The van der Waals surface area contributed by atoms with Gasteiger partial charge in [-0.05, 0) is 155 Å². The van der Waals surface area contributed by atoms with Crippen LogP contribution < -0.4 is 20.1 Å². The Kier molecular flexibility index (Phi) is 36.4. The molecule has 0 spiro atoms. The molecule has 97 heavy (non-hydrogen) atoms. The summed E-state index contributed by atoms with van der Waals surface area (Å²) in [6.07, 6.45) is 54.7. The summed E-state index contributed by atoms with van der Waals surface area (Å²) in [6.45, 7) is 24.0. The van der Waals surface area contributed by atoms with Gasteiger partial charge in [0.2, 0.25) is 34.7 Å². The fourth-order valence-corrected chi connectivity index (χ4v) is 13.8. The summed E-state index contributed by atoms with van der Waals surface area (Å²) in [4.78, 5) is 47.0. The number of aliphatic hydroxyl groups excluding tert-OH is 1. The molecule has 0 heterocycles. The monoisotopic (exact) mass is 1320 g/mol. The number of ketones is 1. The van der Waals surface area contributed by atoms with Gasteiger partial charge in [0, 0.05) is 76.0 Å². The Bertz CT molecular complexity index is 3310. The summed E-state index contributed by atoms with van der Waals surface area (Å²) in [6, 6.07) is 30.4. The van der Waals surface area contributed by atoms with Crippen molar-refractivity contribution in [3.8, 4) is 0 Å². The summed E-state index contributed by atoms with van der Waals surface area (Å²) < 4.78 is 2.27. The molecule has 3 N–H and O–H groups in total. The number of unbranched alkanes of at least 4 members (excludes halogenated alkanes) is 23. The van der Waals surface area contributed by atoms with Crippen LogP contribution >= 0.6 is 0 Å². The van der Waals surface area contributed by atoms with E-state index in [0.717, 1.165) is 130 Å². The first-order valence-corrected chi connectivity index (χ1v) is 39.0. The number of hydrogen-bond donors (Lipinski definition) is 3.